The van der Waals surface area contributed by atoms with Crippen molar-refractivity contribution in [1.29, 1.82) is 0 Å². The van der Waals surface area contributed by atoms with Crippen LogP contribution in [0.25, 0.3) is 32.9 Å². The van der Waals surface area contributed by atoms with Crippen LogP contribution in [-0.2, 0) is 13.0 Å². The fourth-order valence-electron chi connectivity index (χ4n) is 4.50. The Balaban J connectivity index is 1.86. The van der Waals surface area contributed by atoms with Gasteiger partial charge in [-0.1, -0.05) is 36.7 Å². The van der Waals surface area contributed by atoms with Gasteiger partial charge in [-0.25, -0.2) is 9.37 Å². The molecule has 0 saturated heterocycles. The second kappa shape index (κ2) is 9.77. The average Bonchev–Trinajstić information content (AvgIpc) is 3.17. The summed E-state index contributed by atoms with van der Waals surface area (Å²) in [6.07, 6.45) is 1.95. The Morgan fingerprint density at radius 1 is 1.19 bits per heavy atom. The molecule has 2 aromatic carbocycles. The molecule has 1 amide bonds. The van der Waals surface area contributed by atoms with E-state index in [9.17, 15) is 9.59 Å². The number of nitrogens with zero attached hydrogens (tertiary/aromatic N) is 2. The van der Waals surface area contributed by atoms with Crippen molar-refractivity contribution in [2.24, 2.45) is 5.14 Å². The van der Waals surface area contributed by atoms with Gasteiger partial charge in [0, 0.05) is 45.8 Å². The molecule has 0 aliphatic carbocycles. The summed E-state index contributed by atoms with van der Waals surface area (Å²) in [5, 5.41) is 7.26. The zero-order valence-electron chi connectivity index (χ0n) is 19.1. The zero-order valence-corrected chi connectivity index (χ0v) is 20.7. The molecule has 182 valence electrons. The number of para-hydroxylation sites is 1. The number of H-pyrrole nitrogens is 1. The maximum Gasteiger partial charge on any atom is 0.279 e. The van der Waals surface area contributed by atoms with E-state index in [1.165, 1.54) is 12.3 Å². The molecule has 3 aromatic heterocycles. The molecule has 0 radical (unpaired) electrons. The molecule has 36 heavy (non-hydrogen) atoms. The number of hydrogen-bond donors (Lipinski definition) is 3. The first kappa shape index (κ1) is 24.1. The Labute approximate surface area is 214 Å². The molecule has 0 unspecified atom stereocenters. The third-order valence-corrected chi connectivity index (χ3v) is 6.78. The van der Waals surface area contributed by atoms with Gasteiger partial charge in [0.05, 0.1) is 17.6 Å². The highest BCUT2D eigenvalue weighted by Crippen LogP contribution is 2.36. The van der Waals surface area contributed by atoms with Crippen LogP contribution in [0.1, 0.15) is 28.5 Å². The van der Waals surface area contributed by atoms with Gasteiger partial charge in [0.25, 0.3) is 11.5 Å². The maximum atomic E-state index is 15.1. The van der Waals surface area contributed by atoms with Crippen LogP contribution in [0.4, 0.5) is 4.39 Å². The van der Waals surface area contributed by atoms with Crippen molar-refractivity contribution in [3.8, 4) is 11.1 Å². The van der Waals surface area contributed by atoms with Crippen LogP contribution in [0, 0.1) is 5.82 Å². The van der Waals surface area contributed by atoms with Crippen LogP contribution in [0.5, 0.6) is 0 Å². The molecule has 0 aliphatic rings. The molecule has 7 nitrogen and oxygen atoms in total. The van der Waals surface area contributed by atoms with Gasteiger partial charge < -0.3 is 9.55 Å². The third-order valence-electron chi connectivity index (χ3n) is 6.15. The summed E-state index contributed by atoms with van der Waals surface area (Å²) in [5.41, 5.74) is 2.74. The van der Waals surface area contributed by atoms with Crippen LogP contribution < -0.4 is 15.4 Å². The number of carbonyl (C=O) groups is 1. The van der Waals surface area contributed by atoms with Crippen molar-refractivity contribution in [1.82, 2.24) is 19.3 Å². The third kappa shape index (κ3) is 4.15. The molecule has 5 rings (SSSR count). The Bertz CT molecular complexity index is 1700. The fraction of sp³-hybridized carbons (Fsp3) is 0.115. The predicted molar refractivity (Wildman–Crippen MR) is 142 cm³/mol. The minimum absolute atomic E-state index is 0.112. The smallest absolute Gasteiger partial charge is 0.279 e. The first-order chi connectivity index (χ1) is 17.4. The highest BCUT2D eigenvalue weighted by atomic mass is 35.5. The lowest BCUT2D eigenvalue weighted by atomic mass is 10.0. The molecule has 0 spiro atoms. The van der Waals surface area contributed by atoms with Gasteiger partial charge in [0.1, 0.15) is 16.7 Å². The molecular weight excluding hydrogens is 501 g/mol. The van der Waals surface area contributed by atoms with Crippen LogP contribution >= 0.6 is 23.7 Å². The number of aromatic nitrogens is 3. The van der Waals surface area contributed by atoms with Gasteiger partial charge in [-0.05, 0) is 48.4 Å². The van der Waals surface area contributed by atoms with Gasteiger partial charge in [0.15, 0.2) is 0 Å². The topological polar surface area (TPSA) is 106 Å². The number of rotatable bonds is 6. The monoisotopic (exact) mass is 521 g/mol. The lowest BCUT2D eigenvalue weighted by Gasteiger charge is -2.13. The van der Waals surface area contributed by atoms with Crippen LogP contribution in [0.2, 0.25) is 5.15 Å². The SMILES string of the molecule is CCc1cc2c(-c3ccc[nH]c3=O)c(C(=O)NSN)n(Cc3cc4ccccc4nc3Cl)c2cc1F. The molecule has 5 aromatic rings. The predicted octanol–water partition coefficient (Wildman–Crippen LogP) is 5.20. The first-order valence-electron chi connectivity index (χ1n) is 11.2. The van der Waals surface area contributed by atoms with E-state index in [1.807, 2.05) is 37.3 Å². The van der Waals surface area contributed by atoms with Gasteiger partial charge in [-0.15, -0.1) is 0 Å². The van der Waals surface area contributed by atoms with Crippen molar-refractivity contribution < 1.29 is 9.18 Å². The van der Waals surface area contributed by atoms with Crippen LogP contribution in [0.15, 0.2) is 65.6 Å². The number of benzene rings is 2. The number of carbonyl (C=O) groups excluding carboxylic acids is 1. The van der Waals surface area contributed by atoms with E-state index in [4.69, 9.17) is 16.7 Å². The number of pyridine rings is 2. The average molecular weight is 522 g/mol. The summed E-state index contributed by atoms with van der Waals surface area (Å²) in [6, 6.07) is 15.8. The molecule has 0 atom stereocenters. The van der Waals surface area contributed by atoms with E-state index in [-0.39, 0.29) is 28.5 Å². The second-order valence-corrected chi connectivity index (χ2v) is 9.01. The van der Waals surface area contributed by atoms with E-state index >= 15 is 4.39 Å². The van der Waals surface area contributed by atoms with Crippen molar-refractivity contribution in [3.63, 3.8) is 0 Å². The maximum absolute atomic E-state index is 15.1. The van der Waals surface area contributed by atoms with Crippen molar-refractivity contribution in [2.45, 2.75) is 19.9 Å². The standard InChI is InChI=1S/C26H21ClFN5O2S/c1-2-14-11-18-21(12-19(14)28)33(13-16-10-15-6-3-4-8-20(15)31-24(16)27)23(26(35)32-36-29)22(18)17-7-5-9-30-25(17)34/h3-12H,2,13,29H2,1H3,(H,30,34)(H,32,35). The van der Waals surface area contributed by atoms with E-state index in [0.717, 1.165) is 10.9 Å². The molecule has 0 saturated carbocycles. The summed E-state index contributed by atoms with van der Waals surface area (Å²) < 4.78 is 19.3. The number of hydrogen-bond acceptors (Lipinski definition) is 5. The van der Waals surface area contributed by atoms with Crippen LogP contribution in [0.3, 0.4) is 0 Å². The summed E-state index contributed by atoms with van der Waals surface area (Å²) in [5.74, 6) is -0.930. The molecule has 3 heterocycles. The quantitative estimate of drug-likeness (QED) is 0.210. The summed E-state index contributed by atoms with van der Waals surface area (Å²) in [6.45, 7) is 1.95. The number of aromatic amines is 1. The van der Waals surface area contributed by atoms with Gasteiger partial charge >= 0.3 is 0 Å². The largest absolute Gasteiger partial charge is 0.331 e. The number of aryl methyl sites for hydroxylation is 1. The van der Waals surface area contributed by atoms with E-state index in [2.05, 4.69) is 14.7 Å². The number of amides is 1. The van der Waals surface area contributed by atoms with Crippen molar-refractivity contribution in [3.05, 3.63) is 98.9 Å². The summed E-state index contributed by atoms with van der Waals surface area (Å²) in [7, 11) is 0. The van der Waals surface area contributed by atoms with E-state index < -0.39 is 11.7 Å². The minimum atomic E-state index is -0.528. The number of nitrogens with two attached hydrogens (primary N) is 1. The summed E-state index contributed by atoms with van der Waals surface area (Å²) in [4.78, 5) is 33.4. The number of fused-ring (bicyclic) bond motifs is 2. The van der Waals surface area contributed by atoms with Gasteiger partial charge in [0.2, 0.25) is 0 Å². The van der Waals surface area contributed by atoms with Gasteiger partial charge in [-0.3, -0.25) is 19.5 Å². The van der Waals surface area contributed by atoms with E-state index in [0.29, 0.717) is 46.1 Å². The van der Waals surface area contributed by atoms with Crippen LogP contribution in [-0.4, -0.2) is 20.4 Å². The van der Waals surface area contributed by atoms with Crippen molar-refractivity contribution >= 4 is 51.4 Å². The highest BCUT2D eigenvalue weighted by molar-refractivity contribution is 7.95. The highest BCUT2D eigenvalue weighted by Gasteiger charge is 2.27. The van der Waals surface area contributed by atoms with Crippen molar-refractivity contribution in [2.75, 3.05) is 0 Å². The first-order valence-corrected chi connectivity index (χ1v) is 12.4. The molecule has 4 N–H and O–H groups in total. The number of nitrogens with one attached hydrogen (secondary N) is 2. The Morgan fingerprint density at radius 3 is 2.75 bits per heavy atom. The lowest BCUT2D eigenvalue weighted by molar-refractivity contribution is 0.0977. The molecular formula is C26H21ClFN5O2S. The van der Waals surface area contributed by atoms with Gasteiger partial charge in [-0.2, -0.15) is 0 Å². The molecule has 0 aliphatic heterocycles. The normalized spacial score (nSPS) is 11.3. The molecule has 0 bridgehead atoms. The summed E-state index contributed by atoms with van der Waals surface area (Å²) >= 11 is 7.19. The molecule has 0 fully saturated rings. The lowest BCUT2D eigenvalue weighted by Crippen LogP contribution is -2.23. The Morgan fingerprint density at radius 2 is 2.00 bits per heavy atom. The molecule has 10 heteroatoms. The Kier molecular flexibility index (Phi) is 6.53. The number of halogens is 2. The second-order valence-electron chi connectivity index (χ2n) is 8.22. The minimum Gasteiger partial charge on any atom is -0.331 e. The van der Waals surface area contributed by atoms with E-state index in [1.54, 1.807) is 22.8 Å². The Hall–Kier alpha value is -3.66. The fourth-order valence-corrected chi connectivity index (χ4v) is 4.90. The zero-order chi connectivity index (χ0) is 25.4.